The fraction of sp³-hybridized carbons (Fsp3) is 0.333. The van der Waals surface area contributed by atoms with Gasteiger partial charge in [-0.25, -0.2) is 0 Å². The number of aryl methyl sites for hydroxylation is 1. The van der Waals surface area contributed by atoms with Crippen molar-refractivity contribution in [2.24, 2.45) is 11.8 Å². The number of hydrogen-bond acceptors (Lipinski definition) is 1. The highest BCUT2D eigenvalue weighted by atomic mass is 35.5. The first-order valence-corrected chi connectivity index (χ1v) is 8.13. The number of benzene rings is 2. The second-order valence-electron chi connectivity index (χ2n) is 6.12. The Morgan fingerprint density at radius 3 is 2.76 bits per heavy atom. The summed E-state index contributed by atoms with van der Waals surface area (Å²) in [6.45, 7) is 0. The molecule has 0 heterocycles. The molecule has 0 bridgehead atoms. The normalized spacial score (nSPS) is 27.7. The lowest BCUT2D eigenvalue weighted by Crippen LogP contribution is -2.03. The van der Waals surface area contributed by atoms with Crippen molar-refractivity contribution < 1.29 is 5.11 Å². The zero-order valence-electron chi connectivity index (χ0n) is 11.5. The molecule has 3 heteroatoms. The van der Waals surface area contributed by atoms with Gasteiger partial charge in [0.25, 0.3) is 0 Å². The summed E-state index contributed by atoms with van der Waals surface area (Å²) in [5, 5.41) is 12.0. The van der Waals surface area contributed by atoms with E-state index in [1.807, 2.05) is 0 Å². The van der Waals surface area contributed by atoms with Gasteiger partial charge in [-0.15, -0.1) is 0 Å². The van der Waals surface area contributed by atoms with Crippen molar-refractivity contribution in [3.63, 3.8) is 0 Å². The van der Waals surface area contributed by atoms with E-state index >= 15 is 0 Å². The maximum Gasteiger partial charge on any atom is 0.0841 e. The second-order valence-corrected chi connectivity index (χ2v) is 6.96. The fourth-order valence-electron chi connectivity index (χ4n) is 4.00. The van der Waals surface area contributed by atoms with Crippen LogP contribution in [-0.2, 0) is 6.42 Å². The highest BCUT2D eigenvalue weighted by Gasteiger charge is 2.56. The molecular weight excluding hydrogens is 303 g/mol. The Labute approximate surface area is 134 Å². The number of fused-ring (bicyclic) bond motifs is 3. The summed E-state index contributed by atoms with van der Waals surface area (Å²) in [7, 11) is 0. The Balaban J connectivity index is 1.66. The van der Waals surface area contributed by atoms with Crippen LogP contribution in [0.3, 0.4) is 0 Å². The summed E-state index contributed by atoms with van der Waals surface area (Å²) < 4.78 is 0. The van der Waals surface area contributed by atoms with E-state index in [1.165, 1.54) is 11.1 Å². The van der Waals surface area contributed by atoms with Crippen LogP contribution in [0.2, 0.25) is 10.0 Å². The van der Waals surface area contributed by atoms with Crippen LogP contribution in [0.25, 0.3) is 0 Å². The Hall–Kier alpha value is -1.02. The first-order valence-electron chi connectivity index (χ1n) is 7.37. The van der Waals surface area contributed by atoms with Crippen LogP contribution in [0.1, 0.15) is 35.1 Å². The van der Waals surface area contributed by atoms with Gasteiger partial charge >= 0.3 is 0 Å². The molecule has 1 nitrogen and oxygen atoms in total. The number of rotatable bonds is 2. The predicted molar refractivity (Wildman–Crippen MR) is 85.9 cm³/mol. The van der Waals surface area contributed by atoms with Crippen molar-refractivity contribution in [3.8, 4) is 0 Å². The van der Waals surface area contributed by atoms with E-state index in [0.29, 0.717) is 21.9 Å². The van der Waals surface area contributed by atoms with Gasteiger partial charge in [-0.3, -0.25) is 0 Å². The molecule has 2 aromatic rings. The highest BCUT2D eigenvalue weighted by Crippen LogP contribution is 2.64. The topological polar surface area (TPSA) is 20.2 Å². The summed E-state index contributed by atoms with van der Waals surface area (Å²) in [5.41, 5.74) is 3.61. The van der Waals surface area contributed by atoms with Gasteiger partial charge in [0.1, 0.15) is 0 Å². The predicted octanol–water partition coefficient (Wildman–Crippen LogP) is 5.00. The van der Waals surface area contributed by atoms with Gasteiger partial charge in [0.2, 0.25) is 0 Å². The van der Waals surface area contributed by atoms with Gasteiger partial charge in [-0.2, -0.15) is 0 Å². The van der Waals surface area contributed by atoms with E-state index in [-0.39, 0.29) is 5.92 Å². The molecule has 0 aliphatic heterocycles. The third-order valence-electron chi connectivity index (χ3n) is 5.03. The van der Waals surface area contributed by atoms with Crippen LogP contribution >= 0.6 is 23.2 Å². The van der Waals surface area contributed by atoms with Crippen molar-refractivity contribution in [2.45, 2.75) is 24.9 Å². The van der Waals surface area contributed by atoms with Gasteiger partial charge in [0, 0.05) is 15.6 Å². The zero-order chi connectivity index (χ0) is 14.6. The molecule has 0 spiro atoms. The zero-order valence-corrected chi connectivity index (χ0v) is 13.0. The quantitative estimate of drug-likeness (QED) is 0.825. The molecule has 4 atom stereocenters. The largest absolute Gasteiger partial charge is 0.388 e. The fourth-order valence-corrected chi connectivity index (χ4v) is 4.41. The molecule has 0 saturated heterocycles. The Morgan fingerprint density at radius 1 is 1.10 bits per heavy atom. The smallest absolute Gasteiger partial charge is 0.0841 e. The van der Waals surface area contributed by atoms with Gasteiger partial charge in [0.05, 0.1) is 6.10 Å². The number of aliphatic hydroxyl groups is 1. The van der Waals surface area contributed by atoms with Crippen LogP contribution in [0.4, 0.5) is 0 Å². The SMILES string of the molecule is OC(c1cc(Cl)ccc1Cl)C1C2CCc3ccccc3C21. The monoisotopic (exact) mass is 318 g/mol. The Kier molecular flexibility index (Phi) is 3.25. The minimum absolute atomic E-state index is 0.268. The summed E-state index contributed by atoms with van der Waals surface area (Å²) >= 11 is 12.3. The van der Waals surface area contributed by atoms with Gasteiger partial charge in [0.15, 0.2) is 0 Å². The van der Waals surface area contributed by atoms with Gasteiger partial charge in [-0.05, 0) is 59.9 Å². The molecule has 2 aliphatic carbocycles. The first kappa shape index (κ1) is 13.6. The lowest BCUT2D eigenvalue weighted by atomic mass is 9.92. The molecule has 0 radical (unpaired) electrons. The van der Waals surface area contributed by atoms with Crippen molar-refractivity contribution in [2.75, 3.05) is 0 Å². The van der Waals surface area contributed by atoms with Crippen LogP contribution in [-0.4, -0.2) is 5.11 Å². The van der Waals surface area contributed by atoms with E-state index in [4.69, 9.17) is 23.2 Å². The van der Waals surface area contributed by atoms with Crippen molar-refractivity contribution in [3.05, 3.63) is 69.2 Å². The van der Waals surface area contributed by atoms with Crippen LogP contribution in [0.5, 0.6) is 0 Å². The van der Waals surface area contributed by atoms with Gasteiger partial charge in [-0.1, -0.05) is 47.5 Å². The van der Waals surface area contributed by atoms with E-state index in [2.05, 4.69) is 24.3 Å². The minimum atomic E-state index is -0.530. The molecule has 1 N–H and O–H groups in total. The Bertz CT molecular complexity index is 697. The standard InChI is InChI=1S/C18H16Cl2O/c19-11-6-8-15(20)14(9-11)18(21)17-13-7-5-10-3-1-2-4-12(10)16(13)17/h1-4,6,8-9,13,16-18,21H,5,7H2. The number of aliphatic hydroxyl groups excluding tert-OH is 1. The molecule has 0 aromatic heterocycles. The van der Waals surface area contributed by atoms with Crippen LogP contribution < -0.4 is 0 Å². The maximum absolute atomic E-state index is 10.8. The number of halogens is 2. The highest BCUT2D eigenvalue weighted by molar-refractivity contribution is 6.33. The molecule has 2 aromatic carbocycles. The molecule has 4 rings (SSSR count). The summed E-state index contributed by atoms with van der Waals surface area (Å²) in [6, 6.07) is 13.9. The summed E-state index contributed by atoms with van der Waals surface area (Å²) in [4.78, 5) is 0. The van der Waals surface area contributed by atoms with Crippen LogP contribution in [0.15, 0.2) is 42.5 Å². The number of hydrogen-bond donors (Lipinski definition) is 1. The maximum atomic E-state index is 10.8. The third kappa shape index (κ3) is 2.19. The minimum Gasteiger partial charge on any atom is -0.388 e. The van der Waals surface area contributed by atoms with Crippen molar-refractivity contribution in [1.82, 2.24) is 0 Å². The molecule has 2 aliphatic rings. The van der Waals surface area contributed by atoms with E-state index in [0.717, 1.165) is 18.4 Å². The molecule has 1 saturated carbocycles. The molecule has 4 unspecified atom stereocenters. The lowest BCUT2D eigenvalue weighted by Gasteiger charge is -2.14. The van der Waals surface area contributed by atoms with Crippen molar-refractivity contribution >= 4 is 23.2 Å². The second kappa shape index (κ2) is 5.01. The molecule has 1 fully saturated rings. The van der Waals surface area contributed by atoms with E-state index in [1.54, 1.807) is 18.2 Å². The van der Waals surface area contributed by atoms with E-state index in [9.17, 15) is 5.11 Å². The average molecular weight is 319 g/mol. The molecular formula is C18H16Cl2O. The molecule has 0 amide bonds. The third-order valence-corrected chi connectivity index (χ3v) is 5.61. The first-order chi connectivity index (χ1) is 10.2. The van der Waals surface area contributed by atoms with Crippen molar-refractivity contribution in [1.29, 1.82) is 0 Å². The van der Waals surface area contributed by atoms with E-state index < -0.39 is 6.10 Å². The average Bonchev–Trinajstić information content (AvgIpc) is 3.24. The Morgan fingerprint density at radius 2 is 1.90 bits per heavy atom. The summed E-state index contributed by atoms with van der Waals surface area (Å²) in [5.74, 6) is 1.31. The van der Waals surface area contributed by atoms with Crippen LogP contribution in [0, 0.1) is 11.8 Å². The van der Waals surface area contributed by atoms with Gasteiger partial charge < -0.3 is 5.11 Å². The molecule has 21 heavy (non-hydrogen) atoms. The molecule has 108 valence electrons. The lowest BCUT2D eigenvalue weighted by molar-refractivity contribution is 0.145. The summed E-state index contributed by atoms with van der Waals surface area (Å²) in [6.07, 6.45) is 1.74.